The molecule has 0 spiro atoms. The number of methoxy groups -OCH3 is 1. The first kappa shape index (κ1) is 12.2. The highest BCUT2D eigenvalue weighted by Gasteiger charge is 2.08. The van der Waals surface area contributed by atoms with Gasteiger partial charge in [-0.05, 0) is 17.7 Å². The quantitative estimate of drug-likeness (QED) is 0.664. The Hall–Kier alpha value is -2.29. The largest absolute Gasteiger partial charge is 0.496 e. The van der Waals surface area contributed by atoms with E-state index in [2.05, 4.69) is 0 Å². The van der Waals surface area contributed by atoms with Gasteiger partial charge in [0.25, 0.3) is 0 Å². The SMILES string of the molecule is CO/C(=C\C(=O)O)c1cccc2ccc(C)cc12. The zero-order chi connectivity index (χ0) is 13.1. The average Bonchev–Trinajstić information content (AvgIpc) is 2.35. The fourth-order valence-electron chi connectivity index (χ4n) is 1.96. The van der Waals surface area contributed by atoms with Gasteiger partial charge in [-0.1, -0.05) is 42.0 Å². The van der Waals surface area contributed by atoms with Crippen molar-refractivity contribution < 1.29 is 14.6 Å². The third-order valence-corrected chi connectivity index (χ3v) is 2.78. The van der Waals surface area contributed by atoms with Crippen LogP contribution in [0.4, 0.5) is 0 Å². The van der Waals surface area contributed by atoms with Crippen LogP contribution in [0.25, 0.3) is 16.5 Å². The molecule has 0 aliphatic carbocycles. The standard InChI is InChI=1S/C15H14O3/c1-10-6-7-11-4-3-5-12(13(11)8-10)14(18-2)9-15(16)17/h3-9H,1-2H3,(H,16,17)/b14-9-. The lowest BCUT2D eigenvalue weighted by Gasteiger charge is -2.10. The molecule has 0 fully saturated rings. The van der Waals surface area contributed by atoms with Crippen molar-refractivity contribution in [3.63, 3.8) is 0 Å². The fourth-order valence-corrected chi connectivity index (χ4v) is 1.96. The van der Waals surface area contributed by atoms with Gasteiger partial charge in [-0.15, -0.1) is 0 Å². The third kappa shape index (κ3) is 2.35. The predicted octanol–water partition coefficient (Wildman–Crippen LogP) is 3.22. The smallest absolute Gasteiger partial charge is 0.332 e. The summed E-state index contributed by atoms with van der Waals surface area (Å²) in [6.45, 7) is 2.00. The van der Waals surface area contributed by atoms with Crippen molar-refractivity contribution in [2.24, 2.45) is 0 Å². The maximum atomic E-state index is 10.8. The molecule has 0 aliphatic rings. The molecule has 0 heterocycles. The lowest BCUT2D eigenvalue weighted by Crippen LogP contribution is -1.95. The second-order valence-corrected chi connectivity index (χ2v) is 4.08. The molecular formula is C15H14O3. The number of carboxylic acid groups (broad SMARTS) is 1. The Labute approximate surface area is 105 Å². The number of rotatable bonds is 3. The van der Waals surface area contributed by atoms with E-state index < -0.39 is 5.97 Å². The van der Waals surface area contributed by atoms with E-state index in [9.17, 15) is 4.79 Å². The normalized spacial score (nSPS) is 11.6. The molecule has 0 radical (unpaired) electrons. The number of benzene rings is 2. The molecule has 0 atom stereocenters. The van der Waals surface area contributed by atoms with Crippen molar-refractivity contribution in [1.82, 2.24) is 0 Å². The van der Waals surface area contributed by atoms with Crippen molar-refractivity contribution >= 4 is 22.5 Å². The summed E-state index contributed by atoms with van der Waals surface area (Å²) in [6.07, 6.45) is 1.08. The van der Waals surface area contributed by atoms with Crippen LogP contribution in [0.3, 0.4) is 0 Å². The number of fused-ring (bicyclic) bond motifs is 1. The first-order valence-electron chi connectivity index (χ1n) is 5.60. The van der Waals surface area contributed by atoms with Crippen LogP contribution in [0.15, 0.2) is 42.5 Å². The van der Waals surface area contributed by atoms with Gasteiger partial charge in [-0.25, -0.2) is 4.79 Å². The van der Waals surface area contributed by atoms with E-state index in [1.165, 1.54) is 7.11 Å². The molecule has 3 heteroatoms. The number of aliphatic carboxylic acids is 1. The van der Waals surface area contributed by atoms with Crippen molar-refractivity contribution in [3.8, 4) is 0 Å². The van der Waals surface area contributed by atoms with Crippen molar-refractivity contribution in [3.05, 3.63) is 53.6 Å². The second-order valence-electron chi connectivity index (χ2n) is 4.08. The van der Waals surface area contributed by atoms with Crippen molar-refractivity contribution in [1.29, 1.82) is 0 Å². The molecule has 0 bridgehead atoms. The Morgan fingerprint density at radius 2 is 2.06 bits per heavy atom. The number of aryl methyl sites for hydroxylation is 1. The highest BCUT2D eigenvalue weighted by molar-refractivity contribution is 5.97. The first-order chi connectivity index (χ1) is 8.61. The van der Waals surface area contributed by atoms with Crippen LogP contribution in [0.1, 0.15) is 11.1 Å². The van der Waals surface area contributed by atoms with Gasteiger partial charge in [-0.3, -0.25) is 0 Å². The molecule has 0 aliphatic heterocycles. The summed E-state index contributed by atoms with van der Waals surface area (Å²) in [5, 5.41) is 10.9. The van der Waals surface area contributed by atoms with Gasteiger partial charge in [-0.2, -0.15) is 0 Å². The minimum Gasteiger partial charge on any atom is -0.496 e. The van der Waals surface area contributed by atoms with Crippen molar-refractivity contribution in [2.75, 3.05) is 7.11 Å². The number of carboxylic acids is 1. The van der Waals surface area contributed by atoms with Gasteiger partial charge in [0.15, 0.2) is 0 Å². The van der Waals surface area contributed by atoms with E-state index in [4.69, 9.17) is 9.84 Å². The summed E-state index contributed by atoms with van der Waals surface area (Å²) in [6, 6.07) is 11.8. The van der Waals surface area contributed by atoms with Crippen molar-refractivity contribution in [2.45, 2.75) is 6.92 Å². The lowest BCUT2D eigenvalue weighted by molar-refractivity contribution is -0.131. The van der Waals surface area contributed by atoms with E-state index in [1.807, 2.05) is 43.3 Å². The number of carbonyl (C=O) groups is 1. The van der Waals surface area contributed by atoms with E-state index in [0.717, 1.165) is 28.0 Å². The van der Waals surface area contributed by atoms with Crippen LogP contribution in [-0.2, 0) is 9.53 Å². The number of ether oxygens (including phenoxy) is 1. The fraction of sp³-hybridized carbons (Fsp3) is 0.133. The molecular weight excluding hydrogens is 228 g/mol. The van der Waals surface area contributed by atoms with Gasteiger partial charge in [0.2, 0.25) is 0 Å². The Morgan fingerprint density at radius 1 is 1.28 bits per heavy atom. The zero-order valence-corrected chi connectivity index (χ0v) is 10.3. The average molecular weight is 242 g/mol. The molecule has 0 saturated carbocycles. The summed E-state index contributed by atoms with van der Waals surface area (Å²) in [7, 11) is 1.48. The van der Waals surface area contributed by atoms with Crippen LogP contribution >= 0.6 is 0 Å². The highest BCUT2D eigenvalue weighted by Crippen LogP contribution is 2.26. The van der Waals surface area contributed by atoms with E-state index in [1.54, 1.807) is 0 Å². The summed E-state index contributed by atoms with van der Waals surface area (Å²) in [5.74, 6) is -0.657. The molecule has 2 aromatic rings. The van der Waals surface area contributed by atoms with Gasteiger partial charge in [0.05, 0.1) is 13.2 Å². The number of hydrogen-bond donors (Lipinski definition) is 1. The van der Waals surface area contributed by atoms with Crippen LogP contribution in [0.5, 0.6) is 0 Å². The zero-order valence-electron chi connectivity index (χ0n) is 10.3. The summed E-state index contributed by atoms with van der Waals surface area (Å²) >= 11 is 0. The van der Waals surface area contributed by atoms with Gasteiger partial charge in [0.1, 0.15) is 5.76 Å². The lowest BCUT2D eigenvalue weighted by atomic mass is 10.0. The van der Waals surface area contributed by atoms with Crippen LogP contribution in [-0.4, -0.2) is 18.2 Å². The monoisotopic (exact) mass is 242 g/mol. The van der Waals surface area contributed by atoms with Crippen LogP contribution in [0.2, 0.25) is 0 Å². The van der Waals surface area contributed by atoms with Crippen LogP contribution < -0.4 is 0 Å². The summed E-state index contributed by atoms with van der Waals surface area (Å²) in [5.41, 5.74) is 1.92. The molecule has 0 unspecified atom stereocenters. The molecule has 92 valence electrons. The molecule has 1 N–H and O–H groups in total. The third-order valence-electron chi connectivity index (χ3n) is 2.78. The minimum absolute atomic E-state index is 0.360. The molecule has 2 rings (SSSR count). The minimum atomic E-state index is -1.02. The maximum Gasteiger partial charge on any atom is 0.332 e. The molecule has 18 heavy (non-hydrogen) atoms. The van der Waals surface area contributed by atoms with Gasteiger partial charge < -0.3 is 9.84 Å². The topological polar surface area (TPSA) is 46.5 Å². The molecule has 3 nitrogen and oxygen atoms in total. The predicted molar refractivity (Wildman–Crippen MR) is 71.3 cm³/mol. The van der Waals surface area contributed by atoms with E-state index in [0.29, 0.717) is 5.76 Å². The second kappa shape index (κ2) is 4.92. The first-order valence-corrected chi connectivity index (χ1v) is 5.60. The van der Waals surface area contributed by atoms with Gasteiger partial charge >= 0.3 is 5.97 Å². The molecule has 0 saturated heterocycles. The molecule has 0 aromatic heterocycles. The highest BCUT2D eigenvalue weighted by atomic mass is 16.5. The summed E-state index contributed by atoms with van der Waals surface area (Å²) < 4.78 is 5.18. The molecule has 0 amide bonds. The Balaban J connectivity index is 2.70. The number of hydrogen-bond acceptors (Lipinski definition) is 2. The Bertz CT molecular complexity index is 627. The molecule has 2 aromatic carbocycles. The van der Waals surface area contributed by atoms with E-state index >= 15 is 0 Å². The Kier molecular flexibility index (Phi) is 3.33. The Morgan fingerprint density at radius 3 is 2.72 bits per heavy atom. The maximum absolute atomic E-state index is 10.8. The summed E-state index contributed by atoms with van der Waals surface area (Å²) in [4.78, 5) is 10.8. The van der Waals surface area contributed by atoms with E-state index in [-0.39, 0.29) is 0 Å². The van der Waals surface area contributed by atoms with Gasteiger partial charge in [0, 0.05) is 5.56 Å². The van der Waals surface area contributed by atoms with Crippen LogP contribution in [0, 0.1) is 6.92 Å².